The van der Waals surface area contributed by atoms with Gasteiger partial charge in [-0.3, -0.25) is 4.79 Å². The number of hydrogen-bond acceptors (Lipinski definition) is 5. The van der Waals surface area contributed by atoms with Crippen molar-refractivity contribution in [2.75, 3.05) is 20.7 Å². The van der Waals surface area contributed by atoms with E-state index in [1.807, 2.05) is 0 Å². The minimum Gasteiger partial charge on any atom is -0.452 e. The van der Waals surface area contributed by atoms with Crippen LogP contribution in [0, 0.1) is 0 Å². The molecular weight excluding hydrogens is 392 g/mol. The van der Waals surface area contributed by atoms with Crippen molar-refractivity contribution in [1.29, 1.82) is 0 Å². The van der Waals surface area contributed by atoms with Gasteiger partial charge in [0.15, 0.2) is 6.61 Å². The molecule has 0 atom stereocenters. The summed E-state index contributed by atoms with van der Waals surface area (Å²) in [5.74, 6) is -1.17. The Hall–Kier alpha value is -2.42. The monoisotopic (exact) mass is 410 g/mol. The number of nitrogens with one attached hydrogen (secondary N) is 1. The second-order valence-corrected chi connectivity index (χ2v) is 8.01. The number of likely N-dealkylation sites (N-methyl/N-ethyl adjacent to an activating group) is 1. The Bertz CT molecular complexity index is 929. The Morgan fingerprint density at radius 1 is 1.15 bits per heavy atom. The Kier molecular flexibility index (Phi) is 6.95. The predicted molar refractivity (Wildman–Crippen MR) is 101 cm³/mol. The van der Waals surface area contributed by atoms with Crippen LogP contribution >= 0.6 is 11.6 Å². The van der Waals surface area contributed by atoms with Crippen LogP contribution in [0.2, 0.25) is 5.02 Å². The van der Waals surface area contributed by atoms with Gasteiger partial charge in [0.05, 0.1) is 10.5 Å². The number of rotatable bonds is 7. The Morgan fingerprint density at radius 2 is 1.81 bits per heavy atom. The molecule has 0 aliphatic heterocycles. The third-order valence-electron chi connectivity index (χ3n) is 3.73. The van der Waals surface area contributed by atoms with Gasteiger partial charge in [-0.25, -0.2) is 17.9 Å². The van der Waals surface area contributed by atoms with Crippen molar-refractivity contribution in [1.82, 2.24) is 9.62 Å². The van der Waals surface area contributed by atoms with Gasteiger partial charge in [0.1, 0.15) is 0 Å². The van der Waals surface area contributed by atoms with E-state index in [0.29, 0.717) is 11.6 Å². The molecule has 0 bridgehead atoms. The van der Waals surface area contributed by atoms with Crippen LogP contribution in [0.15, 0.2) is 53.4 Å². The molecule has 1 amide bonds. The lowest BCUT2D eigenvalue weighted by atomic mass is 10.2. The molecule has 2 aromatic carbocycles. The number of ether oxygens (including phenoxy) is 1. The molecule has 1 N–H and O–H groups in total. The van der Waals surface area contributed by atoms with Crippen LogP contribution in [0.25, 0.3) is 0 Å². The molecule has 0 unspecified atom stereocenters. The topological polar surface area (TPSA) is 92.8 Å². The molecular formula is C18H19ClN2O5S. The summed E-state index contributed by atoms with van der Waals surface area (Å²) in [5, 5.41) is 0.601. The zero-order chi connectivity index (χ0) is 20.0. The first-order valence-electron chi connectivity index (χ1n) is 7.92. The molecule has 7 nitrogen and oxygen atoms in total. The fourth-order valence-electron chi connectivity index (χ4n) is 2.18. The summed E-state index contributed by atoms with van der Waals surface area (Å²) >= 11 is 5.82. The van der Waals surface area contributed by atoms with Crippen LogP contribution in [-0.2, 0) is 26.1 Å². The maximum absolute atomic E-state index is 12.1. The van der Waals surface area contributed by atoms with Crippen molar-refractivity contribution in [3.63, 3.8) is 0 Å². The number of benzene rings is 2. The lowest BCUT2D eigenvalue weighted by molar-refractivity contribution is -0.133. The number of hydrogen-bond donors (Lipinski definition) is 1. The summed E-state index contributed by atoms with van der Waals surface area (Å²) in [6.45, 7) is -0.116. The van der Waals surface area contributed by atoms with Crippen LogP contribution < -0.4 is 4.72 Å². The van der Waals surface area contributed by atoms with Gasteiger partial charge in [-0.15, -0.1) is 0 Å². The molecule has 0 heterocycles. The van der Waals surface area contributed by atoms with Crippen LogP contribution in [0.3, 0.4) is 0 Å². The summed E-state index contributed by atoms with van der Waals surface area (Å²) < 4.78 is 30.8. The molecule has 144 valence electrons. The van der Waals surface area contributed by atoms with E-state index in [-0.39, 0.29) is 10.5 Å². The maximum atomic E-state index is 12.1. The third kappa shape index (κ3) is 5.78. The minimum atomic E-state index is -3.68. The second kappa shape index (κ2) is 8.98. The van der Waals surface area contributed by atoms with E-state index in [1.54, 1.807) is 31.3 Å². The smallest absolute Gasteiger partial charge is 0.338 e. The van der Waals surface area contributed by atoms with Gasteiger partial charge in [0.25, 0.3) is 5.91 Å². The van der Waals surface area contributed by atoms with Crippen LogP contribution in [-0.4, -0.2) is 45.9 Å². The van der Waals surface area contributed by atoms with E-state index in [9.17, 15) is 18.0 Å². The number of amides is 1. The lowest BCUT2D eigenvalue weighted by Crippen LogP contribution is -2.30. The molecule has 0 radical (unpaired) electrons. The zero-order valence-electron chi connectivity index (χ0n) is 14.8. The normalized spacial score (nSPS) is 11.1. The van der Waals surface area contributed by atoms with Crippen molar-refractivity contribution in [2.45, 2.75) is 11.4 Å². The van der Waals surface area contributed by atoms with Gasteiger partial charge in [0.2, 0.25) is 10.0 Å². The minimum absolute atomic E-state index is 0.0412. The van der Waals surface area contributed by atoms with Gasteiger partial charge < -0.3 is 9.64 Å². The quantitative estimate of drug-likeness (QED) is 0.705. The number of halogens is 1. The molecule has 0 aliphatic carbocycles. The fourth-order valence-corrected chi connectivity index (χ4v) is 3.08. The van der Waals surface area contributed by atoms with Crippen molar-refractivity contribution in [2.24, 2.45) is 0 Å². The lowest BCUT2D eigenvalue weighted by Gasteiger charge is -2.17. The number of sulfonamides is 1. The first kappa shape index (κ1) is 20.9. The van der Waals surface area contributed by atoms with Crippen molar-refractivity contribution in [3.05, 3.63) is 64.7 Å². The molecule has 27 heavy (non-hydrogen) atoms. The maximum Gasteiger partial charge on any atom is 0.338 e. The standard InChI is InChI=1S/C18H19ClN2O5S/c1-20-27(24,25)16-5-3-4-14(10-16)18(23)26-12-17(22)21(2)11-13-6-8-15(19)9-7-13/h3-10,20H,11-12H2,1-2H3. The molecule has 2 aromatic rings. The molecule has 2 rings (SSSR count). The first-order chi connectivity index (χ1) is 12.7. The van der Waals surface area contributed by atoms with Gasteiger partial charge in [-0.05, 0) is 42.9 Å². The number of nitrogens with zero attached hydrogens (tertiary/aromatic N) is 1. The Labute approximate surface area is 162 Å². The molecule has 0 saturated heterocycles. The van der Waals surface area contributed by atoms with Crippen molar-refractivity contribution < 1.29 is 22.7 Å². The van der Waals surface area contributed by atoms with E-state index in [4.69, 9.17) is 16.3 Å². The van der Waals surface area contributed by atoms with E-state index in [1.165, 1.54) is 36.2 Å². The van der Waals surface area contributed by atoms with Gasteiger partial charge in [-0.2, -0.15) is 0 Å². The molecule has 9 heteroatoms. The summed E-state index contributed by atoms with van der Waals surface area (Å²) in [4.78, 5) is 25.6. The average molecular weight is 411 g/mol. The Morgan fingerprint density at radius 3 is 2.44 bits per heavy atom. The van der Waals surface area contributed by atoms with Crippen molar-refractivity contribution >= 4 is 33.5 Å². The van der Waals surface area contributed by atoms with E-state index >= 15 is 0 Å². The number of esters is 1. The average Bonchev–Trinajstić information content (AvgIpc) is 2.67. The molecule has 0 saturated carbocycles. The van der Waals surface area contributed by atoms with E-state index < -0.39 is 28.5 Å². The highest BCUT2D eigenvalue weighted by atomic mass is 35.5. The highest BCUT2D eigenvalue weighted by Gasteiger charge is 2.17. The van der Waals surface area contributed by atoms with Crippen molar-refractivity contribution in [3.8, 4) is 0 Å². The largest absolute Gasteiger partial charge is 0.452 e. The summed E-state index contributed by atoms with van der Waals surface area (Å²) in [6.07, 6.45) is 0. The summed E-state index contributed by atoms with van der Waals surface area (Å²) in [6, 6.07) is 12.4. The van der Waals surface area contributed by atoms with Crippen LogP contribution in [0.1, 0.15) is 15.9 Å². The highest BCUT2D eigenvalue weighted by Crippen LogP contribution is 2.13. The SMILES string of the molecule is CNS(=O)(=O)c1cccc(C(=O)OCC(=O)N(C)Cc2ccc(Cl)cc2)c1. The predicted octanol–water partition coefficient (Wildman–Crippen LogP) is 2.06. The third-order valence-corrected chi connectivity index (χ3v) is 5.40. The second-order valence-electron chi connectivity index (χ2n) is 5.69. The van der Waals surface area contributed by atoms with E-state index in [2.05, 4.69) is 4.72 Å². The number of carbonyl (C=O) groups excluding carboxylic acids is 2. The fraction of sp³-hybridized carbons (Fsp3) is 0.222. The molecule has 0 aromatic heterocycles. The first-order valence-corrected chi connectivity index (χ1v) is 9.78. The molecule has 0 spiro atoms. The number of carbonyl (C=O) groups is 2. The van der Waals surface area contributed by atoms with Gasteiger partial charge >= 0.3 is 5.97 Å². The molecule has 0 aliphatic rings. The summed E-state index contributed by atoms with van der Waals surface area (Å²) in [5.41, 5.74) is 0.922. The van der Waals surface area contributed by atoms with E-state index in [0.717, 1.165) is 5.56 Å². The van der Waals surface area contributed by atoms with Crippen LogP contribution in [0.4, 0.5) is 0 Å². The Balaban J connectivity index is 1.95. The zero-order valence-corrected chi connectivity index (χ0v) is 16.4. The van der Waals surface area contributed by atoms with Gasteiger partial charge in [-0.1, -0.05) is 29.8 Å². The summed E-state index contributed by atoms with van der Waals surface area (Å²) in [7, 11) is -0.817. The molecule has 0 fully saturated rings. The van der Waals surface area contributed by atoms with Crippen LogP contribution in [0.5, 0.6) is 0 Å². The highest BCUT2D eigenvalue weighted by molar-refractivity contribution is 7.89. The van der Waals surface area contributed by atoms with Gasteiger partial charge in [0, 0.05) is 18.6 Å².